The zero-order valence-corrected chi connectivity index (χ0v) is 13.5. The minimum atomic E-state index is -0.272. The number of nitrogens with zero attached hydrogens (tertiary/aromatic N) is 1. The Labute approximate surface area is 136 Å². The molecule has 0 spiro atoms. The van der Waals surface area contributed by atoms with Crippen molar-refractivity contribution in [3.8, 4) is 0 Å². The summed E-state index contributed by atoms with van der Waals surface area (Å²) in [5, 5.41) is 0.732. The number of carbonyl (C=O) groups is 1. The summed E-state index contributed by atoms with van der Waals surface area (Å²) in [6.07, 6.45) is 6.25. The van der Waals surface area contributed by atoms with Gasteiger partial charge in [-0.05, 0) is 56.2 Å². The average Bonchev–Trinajstić information content (AvgIpc) is 3.43. The van der Waals surface area contributed by atoms with E-state index in [0.29, 0.717) is 18.0 Å². The van der Waals surface area contributed by atoms with Crippen LogP contribution in [-0.2, 0) is 14.9 Å². The number of hydrogen-bond donors (Lipinski definition) is 0. The van der Waals surface area contributed by atoms with E-state index in [1.165, 1.54) is 12.8 Å². The molecule has 1 amide bonds. The van der Waals surface area contributed by atoms with Gasteiger partial charge in [-0.3, -0.25) is 4.79 Å². The molecule has 1 aromatic carbocycles. The van der Waals surface area contributed by atoms with Crippen LogP contribution < -0.4 is 0 Å². The fourth-order valence-electron chi connectivity index (χ4n) is 3.71. The van der Waals surface area contributed by atoms with Crippen molar-refractivity contribution in [2.24, 2.45) is 0 Å². The number of hydrogen-bond acceptors (Lipinski definition) is 2. The monoisotopic (exact) mass is 319 g/mol. The molecule has 0 radical (unpaired) electrons. The summed E-state index contributed by atoms with van der Waals surface area (Å²) < 4.78 is 5.48. The van der Waals surface area contributed by atoms with Gasteiger partial charge >= 0.3 is 0 Å². The maximum absolute atomic E-state index is 13.3. The van der Waals surface area contributed by atoms with Crippen molar-refractivity contribution in [1.29, 1.82) is 0 Å². The summed E-state index contributed by atoms with van der Waals surface area (Å²) in [5.74, 6) is 0.351. The number of rotatable bonds is 4. The minimum absolute atomic E-state index is 0.272. The largest absolute Gasteiger partial charge is 0.381 e. The van der Waals surface area contributed by atoms with Gasteiger partial charge in [-0.25, -0.2) is 0 Å². The Morgan fingerprint density at radius 3 is 2.18 bits per heavy atom. The van der Waals surface area contributed by atoms with Crippen LogP contribution in [0.3, 0.4) is 0 Å². The molecule has 0 unspecified atom stereocenters. The van der Waals surface area contributed by atoms with Crippen LogP contribution in [-0.4, -0.2) is 36.1 Å². The van der Waals surface area contributed by atoms with Gasteiger partial charge in [-0.1, -0.05) is 23.7 Å². The molecule has 4 rings (SSSR count). The van der Waals surface area contributed by atoms with E-state index < -0.39 is 0 Å². The molecule has 0 bridgehead atoms. The lowest BCUT2D eigenvalue weighted by molar-refractivity contribution is -0.139. The van der Waals surface area contributed by atoms with E-state index in [4.69, 9.17) is 16.3 Å². The summed E-state index contributed by atoms with van der Waals surface area (Å²) in [4.78, 5) is 15.6. The molecule has 3 fully saturated rings. The van der Waals surface area contributed by atoms with Gasteiger partial charge < -0.3 is 9.64 Å². The van der Waals surface area contributed by atoms with Gasteiger partial charge in [-0.2, -0.15) is 0 Å². The van der Waals surface area contributed by atoms with Crippen LogP contribution in [0.2, 0.25) is 5.02 Å². The molecule has 118 valence electrons. The van der Waals surface area contributed by atoms with Crippen LogP contribution >= 0.6 is 11.6 Å². The van der Waals surface area contributed by atoms with Crippen molar-refractivity contribution in [1.82, 2.24) is 4.90 Å². The normalized spacial score (nSPS) is 24.0. The van der Waals surface area contributed by atoms with E-state index in [9.17, 15) is 4.79 Å². The quantitative estimate of drug-likeness (QED) is 0.849. The second-order valence-electron chi connectivity index (χ2n) is 6.88. The molecule has 0 aromatic heterocycles. The molecule has 1 heterocycles. The van der Waals surface area contributed by atoms with Crippen LogP contribution in [0.1, 0.15) is 44.1 Å². The molecule has 2 aliphatic carbocycles. The molecule has 0 atom stereocenters. The third kappa shape index (κ3) is 2.55. The molecule has 0 N–H and O–H groups in total. The second kappa shape index (κ2) is 5.54. The van der Waals surface area contributed by atoms with Gasteiger partial charge in [0, 0.05) is 30.3 Å². The highest BCUT2D eigenvalue weighted by atomic mass is 35.5. The van der Waals surface area contributed by atoms with Gasteiger partial charge in [0.05, 0.1) is 5.41 Å². The lowest BCUT2D eigenvalue weighted by Crippen LogP contribution is -2.49. The Hall–Kier alpha value is -1.06. The molecule has 3 nitrogen and oxygen atoms in total. The van der Waals surface area contributed by atoms with Crippen LogP contribution in [0.25, 0.3) is 0 Å². The summed E-state index contributed by atoms with van der Waals surface area (Å²) in [7, 11) is 0. The fourth-order valence-corrected chi connectivity index (χ4v) is 3.84. The summed E-state index contributed by atoms with van der Waals surface area (Å²) in [6.45, 7) is 1.57. The smallest absolute Gasteiger partial charge is 0.233 e. The van der Waals surface area contributed by atoms with Crippen LogP contribution in [0.5, 0.6) is 0 Å². The van der Waals surface area contributed by atoms with E-state index in [1.807, 2.05) is 24.3 Å². The van der Waals surface area contributed by atoms with Gasteiger partial charge in [0.2, 0.25) is 5.91 Å². The molecular weight excluding hydrogens is 298 g/mol. The van der Waals surface area contributed by atoms with Crippen molar-refractivity contribution in [2.45, 2.75) is 56.0 Å². The lowest BCUT2D eigenvalue weighted by Gasteiger charge is -2.37. The van der Waals surface area contributed by atoms with E-state index in [1.54, 1.807) is 0 Å². The Bertz CT molecular complexity index is 557. The zero-order chi connectivity index (χ0) is 15.2. The Kier molecular flexibility index (Phi) is 3.66. The summed E-state index contributed by atoms with van der Waals surface area (Å²) >= 11 is 6.00. The summed E-state index contributed by atoms with van der Waals surface area (Å²) in [5.41, 5.74) is 0.866. The van der Waals surface area contributed by atoms with Gasteiger partial charge in [0.1, 0.15) is 0 Å². The highest BCUT2D eigenvalue weighted by Crippen LogP contribution is 2.51. The van der Waals surface area contributed by atoms with E-state index >= 15 is 0 Å². The molecular formula is C18H22ClNO2. The topological polar surface area (TPSA) is 29.5 Å². The van der Waals surface area contributed by atoms with E-state index in [2.05, 4.69) is 4.90 Å². The highest BCUT2D eigenvalue weighted by molar-refractivity contribution is 6.30. The molecule has 1 aliphatic heterocycles. The molecule has 2 saturated carbocycles. The van der Waals surface area contributed by atoms with Gasteiger partial charge in [0.25, 0.3) is 0 Å². The van der Waals surface area contributed by atoms with Crippen molar-refractivity contribution in [2.75, 3.05) is 13.2 Å². The first-order valence-corrected chi connectivity index (χ1v) is 8.75. The Morgan fingerprint density at radius 1 is 1.05 bits per heavy atom. The third-order valence-electron chi connectivity index (χ3n) is 5.32. The molecule has 3 aliphatic rings. The molecule has 1 saturated heterocycles. The molecule has 1 aromatic rings. The minimum Gasteiger partial charge on any atom is -0.381 e. The van der Waals surface area contributed by atoms with Gasteiger partial charge in [0.15, 0.2) is 0 Å². The molecule has 22 heavy (non-hydrogen) atoms. The van der Waals surface area contributed by atoms with Crippen LogP contribution in [0.4, 0.5) is 0 Å². The first-order valence-electron chi connectivity index (χ1n) is 8.37. The van der Waals surface area contributed by atoms with E-state index in [0.717, 1.165) is 49.5 Å². The Balaban J connectivity index is 1.59. The number of halogens is 1. The average molecular weight is 320 g/mol. The second-order valence-corrected chi connectivity index (χ2v) is 7.31. The number of benzene rings is 1. The van der Waals surface area contributed by atoms with Gasteiger partial charge in [-0.15, -0.1) is 0 Å². The zero-order valence-electron chi connectivity index (χ0n) is 12.8. The standard InChI is InChI=1S/C18H22ClNO2/c19-14-3-1-13(2-4-14)18(9-10-18)17(21)20(15-5-6-15)16-7-11-22-12-8-16/h1-4,15-16H,5-12H2. The first kappa shape index (κ1) is 14.5. The van der Waals surface area contributed by atoms with E-state index in [-0.39, 0.29) is 5.41 Å². The maximum Gasteiger partial charge on any atom is 0.233 e. The van der Waals surface area contributed by atoms with Crippen molar-refractivity contribution in [3.05, 3.63) is 34.9 Å². The third-order valence-corrected chi connectivity index (χ3v) is 5.57. The predicted octanol–water partition coefficient (Wildman–Crippen LogP) is 3.54. The summed E-state index contributed by atoms with van der Waals surface area (Å²) in [6, 6.07) is 8.71. The fraction of sp³-hybridized carbons (Fsp3) is 0.611. The number of amides is 1. The lowest BCUT2D eigenvalue weighted by atomic mass is 9.92. The number of ether oxygens (including phenoxy) is 1. The Morgan fingerprint density at radius 2 is 1.64 bits per heavy atom. The molecule has 4 heteroatoms. The number of carbonyl (C=O) groups excluding carboxylic acids is 1. The highest BCUT2D eigenvalue weighted by Gasteiger charge is 2.55. The first-order chi connectivity index (χ1) is 10.7. The van der Waals surface area contributed by atoms with Crippen LogP contribution in [0.15, 0.2) is 24.3 Å². The maximum atomic E-state index is 13.3. The van der Waals surface area contributed by atoms with Crippen LogP contribution in [0, 0.1) is 0 Å². The predicted molar refractivity (Wildman–Crippen MR) is 86.1 cm³/mol. The van der Waals surface area contributed by atoms with Crippen molar-refractivity contribution in [3.63, 3.8) is 0 Å². The van der Waals surface area contributed by atoms with Crippen molar-refractivity contribution < 1.29 is 9.53 Å². The van der Waals surface area contributed by atoms with Crippen molar-refractivity contribution >= 4 is 17.5 Å². The SMILES string of the molecule is O=C(N(C1CCOCC1)C1CC1)C1(c2ccc(Cl)cc2)CC1.